The molecule has 0 heterocycles. The van der Waals surface area contributed by atoms with Crippen LogP contribution in [0.5, 0.6) is 0 Å². The fraction of sp³-hybridized carbons (Fsp3) is 0.857. The van der Waals surface area contributed by atoms with Crippen molar-refractivity contribution in [2.45, 2.75) is 13.3 Å². The van der Waals surface area contributed by atoms with E-state index >= 15 is 0 Å². The number of rotatable bonds is 7. The van der Waals surface area contributed by atoms with Crippen molar-refractivity contribution in [3.05, 3.63) is 0 Å². The Morgan fingerprint density at radius 3 is 2.82 bits per heavy atom. The van der Waals surface area contributed by atoms with Gasteiger partial charge in [0.15, 0.2) is 0 Å². The summed E-state index contributed by atoms with van der Waals surface area (Å²) < 4.78 is 0. The molecule has 0 spiro atoms. The summed E-state index contributed by atoms with van der Waals surface area (Å²) in [4.78, 5) is 10.0. The van der Waals surface area contributed by atoms with Crippen LogP contribution in [0.25, 0.3) is 0 Å². The van der Waals surface area contributed by atoms with Crippen LogP contribution >= 0.6 is 11.8 Å². The first kappa shape index (κ1) is 10.8. The van der Waals surface area contributed by atoms with Crippen molar-refractivity contribution in [1.29, 1.82) is 0 Å². The van der Waals surface area contributed by atoms with Gasteiger partial charge in [-0.25, -0.2) is 0 Å². The van der Waals surface area contributed by atoms with E-state index in [4.69, 9.17) is 5.11 Å². The van der Waals surface area contributed by atoms with Crippen LogP contribution in [-0.2, 0) is 4.79 Å². The number of carbonyl (C=O) groups is 1. The van der Waals surface area contributed by atoms with Crippen molar-refractivity contribution >= 4 is 17.7 Å². The fourth-order valence-corrected chi connectivity index (χ4v) is 1.19. The van der Waals surface area contributed by atoms with Crippen LogP contribution < -0.4 is 5.32 Å². The molecule has 0 amide bonds. The van der Waals surface area contributed by atoms with Crippen molar-refractivity contribution in [3.63, 3.8) is 0 Å². The Morgan fingerprint density at radius 2 is 2.27 bits per heavy atom. The van der Waals surface area contributed by atoms with Crippen LogP contribution in [0.1, 0.15) is 13.3 Å². The van der Waals surface area contributed by atoms with Gasteiger partial charge in [-0.05, 0) is 5.75 Å². The second kappa shape index (κ2) is 7.88. The predicted octanol–water partition coefficient (Wildman–Crippen LogP) is 0.804. The third-order valence-electron chi connectivity index (χ3n) is 1.14. The molecule has 66 valence electrons. The molecule has 0 saturated heterocycles. The average molecular weight is 177 g/mol. The van der Waals surface area contributed by atoms with Gasteiger partial charge in [0.2, 0.25) is 0 Å². The maximum Gasteiger partial charge on any atom is 0.304 e. The zero-order valence-electron chi connectivity index (χ0n) is 6.80. The molecule has 0 aliphatic rings. The first-order valence-corrected chi connectivity index (χ1v) is 4.93. The Balaban J connectivity index is 2.85. The smallest absolute Gasteiger partial charge is 0.304 e. The van der Waals surface area contributed by atoms with E-state index in [0.717, 1.165) is 18.1 Å². The average Bonchev–Trinajstić information content (AvgIpc) is 1.96. The SMILES string of the molecule is CCSCCNCCC(=O)O. The molecule has 0 radical (unpaired) electrons. The second-order valence-corrected chi connectivity index (χ2v) is 3.48. The highest BCUT2D eigenvalue weighted by atomic mass is 32.2. The fourth-order valence-electron chi connectivity index (χ4n) is 0.609. The molecule has 0 aromatic rings. The van der Waals surface area contributed by atoms with Gasteiger partial charge in [0, 0.05) is 18.8 Å². The lowest BCUT2D eigenvalue weighted by atomic mass is 10.4. The standard InChI is InChI=1S/C7H15NO2S/c1-2-11-6-5-8-4-3-7(9)10/h8H,2-6H2,1H3,(H,9,10). The second-order valence-electron chi connectivity index (χ2n) is 2.09. The van der Waals surface area contributed by atoms with Gasteiger partial charge in [0.1, 0.15) is 0 Å². The Labute approximate surface area is 71.6 Å². The minimum absolute atomic E-state index is 0.219. The number of carboxylic acid groups (broad SMARTS) is 1. The van der Waals surface area contributed by atoms with E-state index in [0.29, 0.717) is 6.54 Å². The van der Waals surface area contributed by atoms with Crippen molar-refractivity contribution in [2.75, 3.05) is 24.6 Å². The lowest BCUT2D eigenvalue weighted by molar-refractivity contribution is -0.136. The normalized spacial score (nSPS) is 9.91. The minimum atomic E-state index is -0.736. The number of aliphatic carboxylic acids is 1. The molecule has 2 N–H and O–H groups in total. The van der Waals surface area contributed by atoms with Gasteiger partial charge in [0.05, 0.1) is 6.42 Å². The predicted molar refractivity (Wildman–Crippen MR) is 48.1 cm³/mol. The van der Waals surface area contributed by atoms with Gasteiger partial charge in [-0.15, -0.1) is 0 Å². The lowest BCUT2D eigenvalue weighted by Gasteiger charge is -2.00. The molecular weight excluding hydrogens is 162 g/mol. The molecule has 0 aliphatic heterocycles. The zero-order valence-corrected chi connectivity index (χ0v) is 7.62. The number of nitrogens with one attached hydrogen (secondary N) is 1. The number of thioether (sulfide) groups is 1. The van der Waals surface area contributed by atoms with Crippen molar-refractivity contribution in [2.24, 2.45) is 0 Å². The van der Waals surface area contributed by atoms with E-state index in [-0.39, 0.29) is 6.42 Å². The van der Waals surface area contributed by atoms with Crippen LogP contribution in [0.4, 0.5) is 0 Å². The summed E-state index contributed by atoms with van der Waals surface area (Å²) in [7, 11) is 0. The molecule has 0 aromatic carbocycles. The Kier molecular flexibility index (Phi) is 7.72. The van der Waals surface area contributed by atoms with Gasteiger partial charge in [-0.3, -0.25) is 4.79 Å². The third kappa shape index (κ3) is 9.78. The summed E-state index contributed by atoms with van der Waals surface area (Å²) in [5, 5.41) is 11.3. The quantitative estimate of drug-likeness (QED) is 0.565. The van der Waals surface area contributed by atoms with Crippen molar-refractivity contribution in [3.8, 4) is 0 Å². The van der Waals surface area contributed by atoms with Gasteiger partial charge < -0.3 is 10.4 Å². The molecule has 11 heavy (non-hydrogen) atoms. The molecule has 0 bridgehead atoms. The summed E-state index contributed by atoms with van der Waals surface area (Å²) in [6.45, 7) is 3.60. The molecule has 0 saturated carbocycles. The molecule has 4 heteroatoms. The summed E-state index contributed by atoms with van der Waals surface area (Å²) >= 11 is 1.86. The Morgan fingerprint density at radius 1 is 1.55 bits per heavy atom. The summed E-state index contributed by atoms with van der Waals surface area (Å²) in [6.07, 6.45) is 0.219. The van der Waals surface area contributed by atoms with E-state index in [2.05, 4.69) is 12.2 Å². The van der Waals surface area contributed by atoms with Crippen LogP contribution in [0.3, 0.4) is 0 Å². The number of carboxylic acids is 1. The van der Waals surface area contributed by atoms with Gasteiger partial charge in [-0.1, -0.05) is 6.92 Å². The summed E-state index contributed by atoms with van der Waals surface area (Å²) in [6, 6.07) is 0. The number of hydrogen-bond donors (Lipinski definition) is 2. The zero-order chi connectivity index (χ0) is 8.53. The highest BCUT2D eigenvalue weighted by molar-refractivity contribution is 7.99. The first-order valence-electron chi connectivity index (χ1n) is 3.77. The topological polar surface area (TPSA) is 49.3 Å². The van der Waals surface area contributed by atoms with Gasteiger partial charge >= 0.3 is 5.97 Å². The summed E-state index contributed by atoms with van der Waals surface area (Å²) in [5.41, 5.74) is 0. The molecule has 0 aliphatic carbocycles. The molecule has 0 atom stereocenters. The van der Waals surface area contributed by atoms with E-state index in [1.54, 1.807) is 0 Å². The van der Waals surface area contributed by atoms with Crippen molar-refractivity contribution in [1.82, 2.24) is 5.32 Å². The molecule has 0 unspecified atom stereocenters. The van der Waals surface area contributed by atoms with Crippen LogP contribution in [0.2, 0.25) is 0 Å². The molecule has 3 nitrogen and oxygen atoms in total. The van der Waals surface area contributed by atoms with Crippen LogP contribution in [-0.4, -0.2) is 35.7 Å². The monoisotopic (exact) mass is 177 g/mol. The van der Waals surface area contributed by atoms with E-state index in [1.807, 2.05) is 11.8 Å². The van der Waals surface area contributed by atoms with Crippen LogP contribution in [0.15, 0.2) is 0 Å². The van der Waals surface area contributed by atoms with Gasteiger partial charge in [0.25, 0.3) is 0 Å². The molecule has 0 rings (SSSR count). The Hall–Kier alpha value is -0.220. The maximum atomic E-state index is 10.0. The summed E-state index contributed by atoms with van der Waals surface area (Å²) in [5.74, 6) is 1.46. The largest absolute Gasteiger partial charge is 0.481 e. The van der Waals surface area contributed by atoms with Crippen LogP contribution in [0, 0.1) is 0 Å². The van der Waals surface area contributed by atoms with E-state index in [1.165, 1.54) is 0 Å². The minimum Gasteiger partial charge on any atom is -0.481 e. The highest BCUT2D eigenvalue weighted by Crippen LogP contribution is 1.94. The third-order valence-corrected chi connectivity index (χ3v) is 2.04. The molecular formula is C7H15NO2S. The first-order chi connectivity index (χ1) is 5.27. The molecule has 0 fully saturated rings. The molecule has 0 aromatic heterocycles. The van der Waals surface area contributed by atoms with E-state index < -0.39 is 5.97 Å². The highest BCUT2D eigenvalue weighted by Gasteiger charge is 1.94. The number of hydrogen-bond acceptors (Lipinski definition) is 3. The Bertz CT molecular complexity index is 109. The van der Waals surface area contributed by atoms with Gasteiger partial charge in [-0.2, -0.15) is 11.8 Å². The van der Waals surface area contributed by atoms with Crippen molar-refractivity contribution < 1.29 is 9.90 Å². The maximum absolute atomic E-state index is 10.0. The van der Waals surface area contributed by atoms with E-state index in [9.17, 15) is 4.79 Å². The lowest BCUT2D eigenvalue weighted by Crippen LogP contribution is -2.20.